The Balaban J connectivity index is 2.02. The average Bonchev–Trinajstić information content (AvgIpc) is 3.02. The number of hydrogen-bond donors (Lipinski definition) is 1. The number of hydrogen-bond acceptors (Lipinski definition) is 3. The molecule has 0 radical (unpaired) electrons. The van der Waals surface area contributed by atoms with E-state index in [9.17, 15) is 18.0 Å². The molecule has 0 aliphatic carbocycles. The maximum atomic E-state index is 13.0. The highest BCUT2D eigenvalue weighted by Gasteiger charge is 2.36. The van der Waals surface area contributed by atoms with E-state index in [-0.39, 0.29) is 11.5 Å². The molecule has 1 N–H and O–H groups in total. The number of halogens is 3. The van der Waals surface area contributed by atoms with E-state index in [4.69, 9.17) is 0 Å². The van der Waals surface area contributed by atoms with Crippen LogP contribution < -0.4 is 5.32 Å². The van der Waals surface area contributed by atoms with Crippen molar-refractivity contribution in [3.05, 3.63) is 66.5 Å². The molecule has 2 aromatic heterocycles. The summed E-state index contributed by atoms with van der Waals surface area (Å²) in [5, 5.41) is 5.82. The topological polar surface area (TPSA) is 59.8 Å². The van der Waals surface area contributed by atoms with Crippen LogP contribution in [0.3, 0.4) is 0 Å². The van der Waals surface area contributed by atoms with Gasteiger partial charge in [0.2, 0.25) is 0 Å². The first-order chi connectivity index (χ1) is 11.4. The molecule has 0 aliphatic heterocycles. The molecule has 1 aromatic carbocycles. The van der Waals surface area contributed by atoms with Gasteiger partial charge < -0.3 is 0 Å². The summed E-state index contributed by atoms with van der Waals surface area (Å²) < 4.78 is 39.6. The number of nitrogens with zero attached hydrogens (tertiary/aromatic N) is 3. The van der Waals surface area contributed by atoms with Crippen molar-refractivity contribution in [2.24, 2.45) is 0 Å². The smallest absolute Gasteiger partial charge is 0.290 e. The Hall–Kier alpha value is -3.16. The second-order valence-electron chi connectivity index (χ2n) is 4.84. The van der Waals surface area contributed by atoms with Crippen molar-refractivity contribution >= 4 is 11.8 Å². The summed E-state index contributed by atoms with van der Waals surface area (Å²) in [5.74, 6) is 0.213. The van der Waals surface area contributed by atoms with Gasteiger partial charge in [-0.05, 0) is 18.2 Å². The molecule has 8 heteroatoms. The molecule has 3 aromatic rings. The monoisotopic (exact) mass is 332 g/mol. The summed E-state index contributed by atoms with van der Waals surface area (Å²) in [4.78, 5) is 16.2. The van der Waals surface area contributed by atoms with Gasteiger partial charge in [-0.15, -0.1) is 0 Å². The number of alkyl halides is 3. The van der Waals surface area contributed by atoms with Crippen LogP contribution in [0.25, 0.3) is 11.3 Å². The zero-order valence-corrected chi connectivity index (χ0v) is 12.2. The molecule has 3 rings (SSSR count). The zero-order valence-electron chi connectivity index (χ0n) is 12.2. The van der Waals surface area contributed by atoms with Crippen molar-refractivity contribution in [1.29, 1.82) is 0 Å². The SMILES string of the molecule is O=C(Nc1ccccn1)n1nc(C(F)(F)F)cc1-c1ccccc1. The highest BCUT2D eigenvalue weighted by atomic mass is 19.4. The Morgan fingerprint density at radius 1 is 1.04 bits per heavy atom. The van der Waals surface area contributed by atoms with Crippen LogP contribution in [0.15, 0.2) is 60.8 Å². The van der Waals surface area contributed by atoms with Crippen molar-refractivity contribution < 1.29 is 18.0 Å². The second kappa shape index (κ2) is 6.15. The molecule has 1 amide bonds. The van der Waals surface area contributed by atoms with E-state index >= 15 is 0 Å². The lowest BCUT2D eigenvalue weighted by Gasteiger charge is -2.07. The summed E-state index contributed by atoms with van der Waals surface area (Å²) in [6.45, 7) is 0. The molecule has 0 spiro atoms. The number of nitrogens with one attached hydrogen (secondary N) is 1. The van der Waals surface area contributed by atoms with Crippen LogP contribution in [0.4, 0.5) is 23.8 Å². The van der Waals surface area contributed by atoms with Crippen molar-refractivity contribution in [1.82, 2.24) is 14.8 Å². The maximum Gasteiger partial charge on any atom is 0.435 e. The molecule has 5 nitrogen and oxygen atoms in total. The quantitative estimate of drug-likeness (QED) is 0.770. The molecule has 0 saturated carbocycles. The maximum absolute atomic E-state index is 13.0. The minimum Gasteiger partial charge on any atom is -0.290 e. The Labute approximate surface area is 134 Å². The predicted octanol–water partition coefficient (Wildman–Crippen LogP) is 4.04. The summed E-state index contributed by atoms with van der Waals surface area (Å²) >= 11 is 0. The van der Waals surface area contributed by atoms with E-state index < -0.39 is 17.9 Å². The van der Waals surface area contributed by atoms with Crippen LogP contribution in [0, 0.1) is 0 Å². The van der Waals surface area contributed by atoms with Crippen molar-refractivity contribution in [2.45, 2.75) is 6.18 Å². The molecule has 0 saturated heterocycles. The molecule has 0 atom stereocenters. The van der Waals surface area contributed by atoms with Gasteiger partial charge in [0.05, 0.1) is 5.69 Å². The van der Waals surface area contributed by atoms with Crippen LogP contribution in [-0.4, -0.2) is 20.8 Å². The third kappa shape index (κ3) is 3.27. The van der Waals surface area contributed by atoms with E-state index in [2.05, 4.69) is 15.4 Å². The Morgan fingerprint density at radius 2 is 1.75 bits per heavy atom. The van der Waals surface area contributed by atoms with E-state index in [0.29, 0.717) is 10.2 Å². The number of carbonyl (C=O) groups is 1. The minimum absolute atomic E-state index is 0.0383. The lowest BCUT2D eigenvalue weighted by Crippen LogP contribution is -2.22. The minimum atomic E-state index is -4.65. The molecule has 0 aliphatic rings. The first kappa shape index (κ1) is 15.7. The average molecular weight is 332 g/mol. The summed E-state index contributed by atoms with van der Waals surface area (Å²) in [6.07, 6.45) is -3.20. The summed E-state index contributed by atoms with van der Waals surface area (Å²) in [5.41, 5.74) is -0.662. The number of amides is 1. The van der Waals surface area contributed by atoms with Crippen molar-refractivity contribution in [3.8, 4) is 11.3 Å². The highest BCUT2D eigenvalue weighted by Crippen LogP contribution is 2.31. The van der Waals surface area contributed by atoms with Crippen LogP contribution in [0.2, 0.25) is 0 Å². The molecule has 0 bridgehead atoms. The number of aromatic nitrogens is 3. The lowest BCUT2D eigenvalue weighted by molar-refractivity contribution is -0.141. The first-order valence-electron chi connectivity index (χ1n) is 6.90. The molecule has 0 fully saturated rings. The third-order valence-electron chi connectivity index (χ3n) is 3.16. The molecule has 122 valence electrons. The number of rotatable bonds is 2. The normalized spacial score (nSPS) is 11.3. The standard InChI is InChI=1S/C16H11F3N4O/c17-16(18,19)13-10-12(11-6-2-1-3-7-11)23(22-13)15(24)21-14-8-4-5-9-20-14/h1-10H,(H,20,21,24). The first-order valence-corrected chi connectivity index (χ1v) is 6.90. The van der Waals surface area contributed by atoms with Gasteiger partial charge in [0.25, 0.3) is 0 Å². The number of carbonyl (C=O) groups excluding carboxylic acids is 1. The number of benzene rings is 1. The van der Waals surface area contributed by atoms with Crippen LogP contribution >= 0.6 is 0 Å². The predicted molar refractivity (Wildman–Crippen MR) is 81.3 cm³/mol. The van der Waals surface area contributed by atoms with Gasteiger partial charge in [-0.3, -0.25) is 5.32 Å². The summed E-state index contributed by atoms with van der Waals surface area (Å²) in [7, 11) is 0. The summed E-state index contributed by atoms with van der Waals surface area (Å²) in [6, 6.07) is 13.1. The van der Waals surface area contributed by atoms with Gasteiger partial charge in [0, 0.05) is 11.8 Å². The second-order valence-corrected chi connectivity index (χ2v) is 4.84. The van der Waals surface area contributed by atoms with Crippen molar-refractivity contribution in [2.75, 3.05) is 5.32 Å². The van der Waals surface area contributed by atoms with Crippen LogP contribution in [-0.2, 0) is 6.18 Å². The zero-order chi connectivity index (χ0) is 17.2. The van der Waals surface area contributed by atoms with Crippen LogP contribution in [0.5, 0.6) is 0 Å². The Morgan fingerprint density at radius 3 is 2.38 bits per heavy atom. The Kier molecular flexibility index (Phi) is 4.03. The van der Waals surface area contributed by atoms with E-state index in [1.54, 1.807) is 42.5 Å². The fraction of sp³-hybridized carbons (Fsp3) is 0.0625. The van der Waals surface area contributed by atoms with E-state index in [0.717, 1.165) is 6.07 Å². The van der Waals surface area contributed by atoms with Crippen molar-refractivity contribution in [3.63, 3.8) is 0 Å². The van der Waals surface area contributed by atoms with Gasteiger partial charge in [0.1, 0.15) is 5.82 Å². The molecule has 24 heavy (non-hydrogen) atoms. The fourth-order valence-corrected chi connectivity index (χ4v) is 2.09. The number of pyridine rings is 1. The lowest BCUT2D eigenvalue weighted by atomic mass is 10.1. The molecule has 0 unspecified atom stereocenters. The Bertz CT molecular complexity index is 845. The van der Waals surface area contributed by atoms with Gasteiger partial charge in [-0.2, -0.15) is 23.0 Å². The third-order valence-corrected chi connectivity index (χ3v) is 3.16. The van der Waals surface area contributed by atoms with E-state index in [1.165, 1.54) is 12.3 Å². The molecular weight excluding hydrogens is 321 g/mol. The molecule has 2 heterocycles. The van der Waals surface area contributed by atoms with Gasteiger partial charge in [-0.1, -0.05) is 36.4 Å². The van der Waals surface area contributed by atoms with Gasteiger partial charge in [-0.25, -0.2) is 9.78 Å². The molecular formula is C16H11F3N4O. The number of anilines is 1. The largest absolute Gasteiger partial charge is 0.435 e. The van der Waals surface area contributed by atoms with Gasteiger partial charge >= 0.3 is 12.2 Å². The highest BCUT2D eigenvalue weighted by molar-refractivity contribution is 5.92. The van der Waals surface area contributed by atoms with Crippen LogP contribution in [0.1, 0.15) is 5.69 Å². The fourth-order valence-electron chi connectivity index (χ4n) is 2.09. The van der Waals surface area contributed by atoms with E-state index in [1.807, 2.05) is 0 Å². The van der Waals surface area contributed by atoms with Gasteiger partial charge in [0.15, 0.2) is 5.69 Å².